The van der Waals surface area contributed by atoms with Gasteiger partial charge in [-0.1, -0.05) is 55.8 Å². The summed E-state index contributed by atoms with van der Waals surface area (Å²) in [6.45, 7) is 1.03. The second-order valence-corrected chi connectivity index (χ2v) is 15.3. The van der Waals surface area contributed by atoms with Crippen molar-refractivity contribution in [2.75, 3.05) is 6.61 Å². The Morgan fingerprint density at radius 3 is 2.45 bits per heavy atom. The zero-order chi connectivity index (χ0) is 39.4. The predicted octanol–water partition coefficient (Wildman–Crippen LogP) is 7.39. The van der Waals surface area contributed by atoms with Crippen LogP contribution >= 0.6 is 11.6 Å². The normalized spacial score (nSPS) is 20.1. The first kappa shape index (κ1) is 38.2. The van der Waals surface area contributed by atoms with E-state index in [1.54, 1.807) is 28.4 Å². The van der Waals surface area contributed by atoms with Crippen LogP contribution in [0.4, 0.5) is 26.7 Å². The lowest BCUT2D eigenvalue weighted by Gasteiger charge is -2.37. The van der Waals surface area contributed by atoms with Gasteiger partial charge in [-0.15, -0.1) is 0 Å². The van der Waals surface area contributed by atoms with Gasteiger partial charge in [-0.2, -0.15) is 46.7 Å². The Hall–Kier alpha value is -5.13. The summed E-state index contributed by atoms with van der Waals surface area (Å²) in [6, 6.07) is 8.03. The lowest BCUT2D eigenvalue weighted by Crippen LogP contribution is -2.48. The molecule has 2 amide bonds. The molecule has 1 saturated heterocycles. The molecule has 292 valence electrons. The summed E-state index contributed by atoms with van der Waals surface area (Å²) < 4.78 is 73.2. The summed E-state index contributed by atoms with van der Waals surface area (Å²) in [7, 11) is 0. The van der Waals surface area contributed by atoms with Crippen molar-refractivity contribution in [3.05, 3.63) is 71.1 Å². The van der Waals surface area contributed by atoms with Crippen LogP contribution < -0.4 is 10.6 Å². The highest BCUT2D eigenvalue weighted by atomic mass is 35.5. The molecular weight excluding hydrogens is 751 g/mol. The van der Waals surface area contributed by atoms with Crippen LogP contribution in [0.1, 0.15) is 82.6 Å². The van der Waals surface area contributed by atoms with Crippen LogP contribution in [-0.2, 0) is 15.1 Å². The van der Waals surface area contributed by atoms with Crippen molar-refractivity contribution in [2.45, 2.75) is 89.3 Å². The number of benzene rings is 2. The Morgan fingerprint density at radius 1 is 1.11 bits per heavy atom. The van der Waals surface area contributed by atoms with Gasteiger partial charge in [-0.3, -0.25) is 15.1 Å². The zero-order valence-electron chi connectivity index (χ0n) is 29.9. The van der Waals surface area contributed by atoms with E-state index in [-0.39, 0.29) is 40.4 Å². The molecule has 2 aromatic carbocycles. The largest absolute Gasteiger partial charge is 0.447 e. The van der Waals surface area contributed by atoms with Crippen LogP contribution in [0.25, 0.3) is 22.6 Å². The summed E-state index contributed by atoms with van der Waals surface area (Å²) >= 11 is 6.45. The lowest BCUT2D eigenvalue weighted by molar-refractivity contribution is -0.150. The SMILES string of the molecule is C[C@H](NC(=O)OC[C@H](c1ccc(Cl)c(-c2ncnn2C(F)F)c1)N1C(=N)N[C@](CC(C)(C)C2CC2)(c2ccc(-c3cnn(C4CC4)n3)cc2)C1=O)C(F)(F)F. The van der Waals surface area contributed by atoms with Gasteiger partial charge in [0.25, 0.3) is 5.91 Å². The molecule has 2 aliphatic carbocycles. The van der Waals surface area contributed by atoms with E-state index in [2.05, 4.69) is 39.4 Å². The molecule has 3 fully saturated rings. The number of alkyl carbamates (subject to hydrolysis) is 1. The van der Waals surface area contributed by atoms with Gasteiger partial charge in [0.1, 0.15) is 30.2 Å². The van der Waals surface area contributed by atoms with Crippen molar-refractivity contribution in [3.63, 3.8) is 0 Å². The van der Waals surface area contributed by atoms with Gasteiger partial charge >= 0.3 is 18.8 Å². The molecule has 2 aromatic heterocycles. The molecule has 0 unspecified atom stereocenters. The number of carbonyl (C=O) groups is 2. The van der Waals surface area contributed by atoms with E-state index in [4.69, 9.17) is 16.3 Å². The molecule has 3 atom stereocenters. The molecule has 0 radical (unpaired) electrons. The van der Waals surface area contributed by atoms with Crippen molar-refractivity contribution in [1.82, 2.24) is 45.3 Å². The van der Waals surface area contributed by atoms with E-state index in [1.807, 2.05) is 12.1 Å². The predicted molar refractivity (Wildman–Crippen MR) is 189 cm³/mol. The number of nitrogens with zero attached hydrogens (tertiary/aromatic N) is 7. The van der Waals surface area contributed by atoms with Crippen molar-refractivity contribution in [2.24, 2.45) is 11.3 Å². The van der Waals surface area contributed by atoms with Crippen LogP contribution in [0.5, 0.6) is 0 Å². The molecular formula is C36H38ClF5N10O3. The summed E-state index contributed by atoms with van der Waals surface area (Å²) in [4.78, 5) is 34.5. The van der Waals surface area contributed by atoms with Crippen molar-refractivity contribution in [3.8, 4) is 22.6 Å². The summed E-state index contributed by atoms with van der Waals surface area (Å²) in [5.41, 5.74) is 0.198. The third-order valence-corrected chi connectivity index (χ3v) is 10.8. The van der Waals surface area contributed by atoms with Gasteiger partial charge in [-0.05, 0) is 73.6 Å². The first-order valence-corrected chi connectivity index (χ1v) is 18.1. The summed E-state index contributed by atoms with van der Waals surface area (Å²) in [5, 5.41) is 26.6. The molecule has 2 saturated carbocycles. The van der Waals surface area contributed by atoms with Gasteiger partial charge in [0.15, 0.2) is 11.8 Å². The molecule has 7 rings (SSSR count). The Kier molecular flexibility index (Phi) is 9.84. The van der Waals surface area contributed by atoms with Crippen molar-refractivity contribution in [1.29, 1.82) is 5.41 Å². The number of nitrogens with one attached hydrogen (secondary N) is 3. The number of hydrogen-bond donors (Lipinski definition) is 3. The Balaban J connectivity index is 1.27. The molecule has 0 spiro atoms. The molecule has 4 aromatic rings. The minimum absolute atomic E-state index is 0.00574. The average molecular weight is 789 g/mol. The number of guanidine groups is 1. The Bertz CT molecular complexity index is 2100. The van der Waals surface area contributed by atoms with Crippen LogP contribution in [0.3, 0.4) is 0 Å². The first-order valence-electron chi connectivity index (χ1n) is 17.7. The molecule has 0 bridgehead atoms. The number of amides is 2. The molecule has 55 heavy (non-hydrogen) atoms. The van der Waals surface area contributed by atoms with Crippen LogP contribution in [0.15, 0.2) is 55.0 Å². The molecule has 1 aliphatic heterocycles. The summed E-state index contributed by atoms with van der Waals surface area (Å²) in [5.74, 6) is -0.970. The minimum atomic E-state index is -4.77. The topological polar surface area (TPSA) is 156 Å². The smallest absolute Gasteiger partial charge is 0.408 e. The lowest BCUT2D eigenvalue weighted by atomic mass is 9.72. The molecule has 19 heteroatoms. The number of aromatic nitrogens is 6. The monoisotopic (exact) mass is 788 g/mol. The first-order chi connectivity index (χ1) is 26.0. The number of rotatable bonds is 13. The minimum Gasteiger partial charge on any atom is -0.447 e. The van der Waals surface area contributed by atoms with Gasteiger partial charge < -0.3 is 15.4 Å². The van der Waals surface area contributed by atoms with E-state index in [0.717, 1.165) is 49.4 Å². The number of carbonyl (C=O) groups excluding carboxylic acids is 2. The van der Waals surface area contributed by atoms with Crippen molar-refractivity contribution < 1.29 is 36.3 Å². The van der Waals surface area contributed by atoms with E-state index in [0.29, 0.717) is 21.9 Å². The van der Waals surface area contributed by atoms with Crippen LogP contribution in [0.2, 0.25) is 5.02 Å². The fourth-order valence-corrected chi connectivity index (χ4v) is 7.33. The summed E-state index contributed by atoms with van der Waals surface area (Å²) in [6.07, 6.45) is 0.607. The third-order valence-electron chi connectivity index (χ3n) is 10.5. The second kappa shape index (κ2) is 14.2. The maximum Gasteiger partial charge on any atom is 0.408 e. The number of alkyl halides is 5. The highest BCUT2D eigenvalue weighted by Crippen LogP contribution is 2.52. The second-order valence-electron chi connectivity index (χ2n) is 14.9. The molecule has 3 aliphatic rings. The molecule has 13 nitrogen and oxygen atoms in total. The maximum atomic E-state index is 15.1. The highest BCUT2D eigenvalue weighted by molar-refractivity contribution is 6.33. The molecule has 3 heterocycles. The Morgan fingerprint density at radius 2 is 1.82 bits per heavy atom. The maximum absolute atomic E-state index is 15.1. The van der Waals surface area contributed by atoms with Crippen LogP contribution in [0, 0.1) is 16.7 Å². The highest BCUT2D eigenvalue weighted by Gasteiger charge is 2.57. The van der Waals surface area contributed by atoms with E-state index < -0.39 is 54.4 Å². The third kappa shape index (κ3) is 7.60. The van der Waals surface area contributed by atoms with Crippen LogP contribution in [-0.4, -0.2) is 71.4 Å². The van der Waals surface area contributed by atoms with Gasteiger partial charge in [0.05, 0.1) is 23.3 Å². The van der Waals surface area contributed by atoms with Gasteiger partial charge in [0, 0.05) is 11.1 Å². The quantitative estimate of drug-likeness (QED) is 0.119. The van der Waals surface area contributed by atoms with E-state index >= 15 is 4.79 Å². The Labute approximate surface area is 317 Å². The standard InChI is InChI=1S/C36H38ClF5N10O3/c1-19(36(40,41)42)47-33(54)55-16-28(21-6-13-26(37)25(14-21)29-44-18-46-51(29)31(38)39)50-30(53)35(48-32(50)43,17-34(2,3)22-9-10-22)23-7-4-20(5-8-23)27-15-45-52(49-27)24-11-12-24/h4-8,13-15,18-19,22,24,28,31H,9-12,16-17H2,1-3H3,(H2,43,48)(H,47,54)/t19-,28+,35+/m0/s1. The fraction of sp³-hybridized carbons (Fsp3) is 0.472. The van der Waals surface area contributed by atoms with E-state index in [1.165, 1.54) is 18.2 Å². The number of ether oxygens (including phenoxy) is 1. The number of halogens is 6. The zero-order valence-corrected chi connectivity index (χ0v) is 30.7. The van der Waals surface area contributed by atoms with Gasteiger partial charge in [-0.25, -0.2) is 9.78 Å². The van der Waals surface area contributed by atoms with Gasteiger partial charge in [0.2, 0.25) is 0 Å². The van der Waals surface area contributed by atoms with Crippen molar-refractivity contribution >= 4 is 29.6 Å². The fourth-order valence-electron chi connectivity index (χ4n) is 7.13. The number of hydrogen-bond acceptors (Lipinski definition) is 8. The average Bonchev–Trinajstić information content (AvgIpc) is 4.05. The molecule has 3 N–H and O–H groups in total. The van der Waals surface area contributed by atoms with E-state index in [9.17, 15) is 32.2 Å².